The molecule has 0 spiro atoms. The lowest BCUT2D eigenvalue weighted by molar-refractivity contribution is -0.127. The maximum atomic E-state index is 12.4. The summed E-state index contributed by atoms with van der Waals surface area (Å²) >= 11 is 0. The molecule has 6 heteroatoms. The van der Waals surface area contributed by atoms with Crippen LogP contribution in [0.4, 0.5) is 4.79 Å². The standard InChI is InChI=1S/C19H18N4O2/c24-18-16-17(20-13-22(16)11-14-7-3-1-4-8-14)23(19(25)21-18)12-15-9-5-2-6-10-15/h1-10,13,16-17H,11-12H2,(H,21,24,25). The van der Waals surface area contributed by atoms with E-state index in [4.69, 9.17) is 0 Å². The van der Waals surface area contributed by atoms with E-state index in [1.807, 2.05) is 65.6 Å². The summed E-state index contributed by atoms with van der Waals surface area (Å²) in [5.41, 5.74) is 2.09. The van der Waals surface area contributed by atoms with E-state index in [-0.39, 0.29) is 5.91 Å². The second-order valence-corrected chi connectivity index (χ2v) is 6.19. The van der Waals surface area contributed by atoms with Gasteiger partial charge in [0.05, 0.1) is 6.34 Å². The van der Waals surface area contributed by atoms with E-state index in [9.17, 15) is 9.59 Å². The van der Waals surface area contributed by atoms with E-state index in [1.165, 1.54) is 0 Å². The van der Waals surface area contributed by atoms with Gasteiger partial charge in [-0.25, -0.2) is 9.79 Å². The molecule has 4 rings (SSSR count). The number of fused-ring (bicyclic) bond motifs is 1. The van der Waals surface area contributed by atoms with Crippen molar-refractivity contribution >= 4 is 18.3 Å². The van der Waals surface area contributed by atoms with Gasteiger partial charge < -0.3 is 4.90 Å². The van der Waals surface area contributed by atoms with Crippen LogP contribution in [0.15, 0.2) is 65.7 Å². The Hall–Kier alpha value is -3.15. The van der Waals surface area contributed by atoms with Crippen molar-refractivity contribution in [2.24, 2.45) is 4.99 Å². The maximum Gasteiger partial charge on any atom is 0.326 e. The van der Waals surface area contributed by atoms with Gasteiger partial charge in [-0.3, -0.25) is 15.0 Å². The van der Waals surface area contributed by atoms with E-state index in [0.717, 1.165) is 11.1 Å². The van der Waals surface area contributed by atoms with Crippen LogP contribution in [-0.2, 0) is 17.9 Å². The molecule has 2 aromatic rings. The molecule has 2 aliphatic rings. The molecule has 0 aromatic heterocycles. The fourth-order valence-electron chi connectivity index (χ4n) is 3.27. The molecule has 2 atom stereocenters. The van der Waals surface area contributed by atoms with Crippen LogP contribution in [-0.4, -0.2) is 40.3 Å². The first-order chi connectivity index (χ1) is 12.2. The Morgan fingerprint density at radius 3 is 2.12 bits per heavy atom. The topological polar surface area (TPSA) is 65.0 Å². The van der Waals surface area contributed by atoms with Crippen LogP contribution < -0.4 is 5.32 Å². The van der Waals surface area contributed by atoms with E-state index in [0.29, 0.717) is 13.1 Å². The largest absolute Gasteiger partial charge is 0.343 e. The smallest absolute Gasteiger partial charge is 0.326 e. The summed E-state index contributed by atoms with van der Waals surface area (Å²) in [4.78, 5) is 32.7. The molecule has 2 aromatic carbocycles. The number of hydrogen-bond acceptors (Lipinski definition) is 4. The Balaban J connectivity index is 1.55. The summed E-state index contributed by atoms with van der Waals surface area (Å²) in [6, 6.07) is 18.7. The van der Waals surface area contributed by atoms with Crippen molar-refractivity contribution < 1.29 is 9.59 Å². The van der Waals surface area contributed by atoms with E-state index >= 15 is 0 Å². The third-order valence-electron chi connectivity index (χ3n) is 4.49. The van der Waals surface area contributed by atoms with Gasteiger partial charge in [0.15, 0.2) is 12.2 Å². The number of amides is 3. The predicted molar refractivity (Wildman–Crippen MR) is 93.6 cm³/mol. The minimum Gasteiger partial charge on any atom is -0.343 e. The summed E-state index contributed by atoms with van der Waals surface area (Å²) in [6.07, 6.45) is 1.18. The highest BCUT2D eigenvalue weighted by molar-refractivity contribution is 6.02. The van der Waals surface area contributed by atoms with Crippen molar-refractivity contribution in [1.82, 2.24) is 15.1 Å². The number of urea groups is 1. The van der Waals surface area contributed by atoms with E-state index in [1.54, 1.807) is 11.2 Å². The van der Waals surface area contributed by atoms with Gasteiger partial charge in [0.25, 0.3) is 5.91 Å². The van der Waals surface area contributed by atoms with Gasteiger partial charge >= 0.3 is 6.03 Å². The van der Waals surface area contributed by atoms with Crippen LogP contribution in [0.1, 0.15) is 11.1 Å². The lowest BCUT2D eigenvalue weighted by Crippen LogP contribution is -2.63. The van der Waals surface area contributed by atoms with Crippen molar-refractivity contribution in [3.63, 3.8) is 0 Å². The van der Waals surface area contributed by atoms with Crippen molar-refractivity contribution in [2.45, 2.75) is 25.3 Å². The minimum absolute atomic E-state index is 0.298. The summed E-state index contributed by atoms with van der Waals surface area (Å²) in [5, 5.41) is 2.46. The maximum absolute atomic E-state index is 12.4. The number of benzene rings is 2. The molecule has 0 saturated carbocycles. The molecule has 0 aliphatic carbocycles. The Labute approximate surface area is 145 Å². The molecule has 2 heterocycles. The molecule has 6 nitrogen and oxygen atoms in total. The quantitative estimate of drug-likeness (QED) is 0.930. The van der Waals surface area contributed by atoms with Crippen LogP contribution in [0, 0.1) is 0 Å². The number of hydrogen-bond donors (Lipinski definition) is 1. The molecule has 1 N–H and O–H groups in total. The Morgan fingerprint density at radius 2 is 1.48 bits per heavy atom. The molecule has 1 saturated heterocycles. The zero-order valence-electron chi connectivity index (χ0n) is 13.6. The molecule has 0 radical (unpaired) electrons. The number of carbonyl (C=O) groups is 2. The van der Waals surface area contributed by atoms with Crippen LogP contribution in [0.5, 0.6) is 0 Å². The number of nitrogens with one attached hydrogen (secondary N) is 1. The van der Waals surface area contributed by atoms with Gasteiger partial charge in [-0.05, 0) is 11.1 Å². The fourth-order valence-corrected chi connectivity index (χ4v) is 3.27. The van der Waals surface area contributed by atoms with Crippen LogP contribution in [0.25, 0.3) is 0 Å². The molecule has 2 unspecified atom stereocenters. The van der Waals surface area contributed by atoms with Gasteiger partial charge in [-0.1, -0.05) is 60.7 Å². The number of imide groups is 1. The summed E-state index contributed by atoms with van der Waals surface area (Å²) in [5.74, 6) is -0.298. The number of nitrogens with zero attached hydrogens (tertiary/aromatic N) is 3. The molecular formula is C19H18N4O2. The molecule has 3 amide bonds. The highest BCUT2D eigenvalue weighted by Crippen LogP contribution is 2.25. The first-order valence-corrected chi connectivity index (χ1v) is 8.21. The van der Waals surface area contributed by atoms with Crippen molar-refractivity contribution in [1.29, 1.82) is 0 Å². The monoisotopic (exact) mass is 334 g/mol. The average molecular weight is 334 g/mol. The van der Waals surface area contributed by atoms with Crippen LogP contribution >= 0.6 is 0 Å². The summed E-state index contributed by atoms with van der Waals surface area (Å²) in [6.45, 7) is 0.990. The molecule has 25 heavy (non-hydrogen) atoms. The summed E-state index contributed by atoms with van der Waals surface area (Å²) in [7, 11) is 0. The molecule has 0 bridgehead atoms. The molecule has 2 aliphatic heterocycles. The zero-order valence-corrected chi connectivity index (χ0v) is 13.6. The lowest BCUT2D eigenvalue weighted by atomic mass is 10.1. The van der Waals surface area contributed by atoms with Crippen LogP contribution in [0.2, 0.25) is 0 Å². The summed E-state index contributed by atoms with van der Waals surface area (Å²) < 4.78 is 0. The second kappa shape index (κ2) is 6.39. The predicted octanol–water partition coefficient (Wildman–Crippen LogP) is 1.98. The second-order valence-electron chi connectivity index (χ2n) is 6.19. The Morgan fingerprint density at radius 1 is 0.880 bits per heavy atom. The van der Waals surface area contributed by atoms with Gasteiger partial charge in [0.2, 0.25) is 0 Å². The van der Waals surface area contributed by atoms with Gasteiger partial charge in [0.1, 0.15) is 0 Å². The Bertz CT molecular complexity index is 807. The van der Waals surface area contributed by atoms with E-state index in [2.05, 4.69) is 10.3 Å². The zero-order chi connectivity index (χ0) is 17.2. The first kappa shape index (κ1) is 15.4. The normalized spacial score (nSPS) is 22.1. The average Bonchev–Trinajstić information content (AvgIpc) is 3.04. The van der Waals surface area contributed by atoms with Crippen LogP contribution in [0.3, 0.4) is 0 Å². The number of aliphatic imine (C=N–C) groups is 1. The minimum atomic E-state index is -0.499. The van der Waals surface area contributed by atoms with Crippen molar-refractivity contribution in [2.75, 3.05) is 0 Å². The van der Waals surface area contributed by atoms with Crippen molar-refractivity contribution in [3.8, 4) is 0 Å². The van der Waals surface area contributed by atoms with E-state index < -0.39 is 18.2 Å². The SMILES string of the molecule is O=C1NC(=O)N(Cc2ccccc2)C2N=CN(Cc3ccccc3)C12. The molecule has 1 fully saturated rings. The van der Waals surface area contributed by atoms with Crippen molar-refractivity contribution in [3.05, 3.63) is 71.8 Å². The molecule has 126 valence electrons. The third-order valence-corrected chi connectivity index (χ3v) is 4.49. The van der Waals surface area contributed by atoms with Gasteiger partial charge in [-0.2, -0.15) is 0 Å². The first-order valence-electron chi connectivity index (χ1n) is 8.21. The molecular weight excluding hydrogens is 316 g/mol. The third kappa shape index (κ3) is 2.98. The highest BCUT2D eigenvalue weighted by atomic mass is 16.2. The van der Waals surface area contributed by atoms with Gasteiger partial charge in [0, 0.05) is 13.1 Å². The Kier molecular flexibility index (Phi) is 3.93. The van der Waals surface area contributed by atoms with Gasteiger partial charge in [-0.15, -0.1) is 0 Å². The number of rotatable bonds is 4. The highest BCUT2D eigenvalue weighted by Gasteiger charge is 2.46. The number of carbonyl (C=O) groups excluding carboxylic acids is 2. The fraction of sp³-hybridized carbons (Fsp3) is 0.211. The lowest BCUT2D eigenvalue weighted by Gasteiger charge is -2.37.